The fourth-order valence-electron chi connectivity index (χ4n) is 0. The second kappa shape index (κ2) is 6.83. The zero-order chi connectivity index (χ0) is 8.73. The van der Waals surface area contributed by atoms with Crippen LogP contribution >= 0.6 is 11.6 Å². The van der Waals surface area contributed by atoms with Crippen LogP contribution in [0.3, 0.4) is 0 Å². The van der Waals surface area contributed by atoms with E-state index in [1.54, 1.807) is 0 Å². The van der Waals surface area contributed by atoms with Crippen LogP contribution < -0.4 is 5.73 Å². The molecule has 0 heterocycles. The van der Waals surface area contributed by atoms with Crippen molar-refractivity contribution in [3.8, 4) is 0 Å². The van der Waals surface area contributed by atoms with Gasteiger partial charge in [0.25, 0.3) is 0 Å². The molecule has 0 saturated heterocycles. The molecule has 0 saturated carbocycles. The minimum atomic E-state index is -0.963. The van der Waals surface area contributed by atoms with Gasteiger partial charge in [-0.15, -0.1) is 11.6 Å². The number of halogens is 1. The third-order valence-electron chi connectivity index (χ3n) is 0.390. The molecular weight excluding hydrogens is 154 g/mol. The van der Waals surface area contributed by atoms with Crippen LogP contribution in [-0.2, 0) is 4.79 Å². The highest BCUT2D eigenvalue weighted by Gasteiger charge is 1.99. The first kappa shape index (κ1) is 12.4. The summed E-state index contributed by atoms with van der Waals surface area (Å²) in [5, 5.41) is 8.17. The Kier molecular flexibility index (Phi) is 8.48. The van der Waals surface area contributed by atoms with E-state index >= 15 is 0 Å². The van der Waals surface area contributed by atoms with Gasteiger partial charge in [-0.3, -0.25) is 4.79 Å². The van der Waals surface area contributed by atoms with Crippen LogP contribution in [0.5, 0.6) is 0 Å². The van der Waals surface area contributed by atoms with E-state index in [4.69, 9.17) is 22.4 Å². The lowest BCUT2D eigenvalue weighted by Crippen LogP contribution is -2.25. The third-order valence-corrected chi connectivity index (χ3v) is 0.390. The first-order valence-corrected chi connectivity index (χ1v) is 3.44. The summed E-state index contributed by atoms with van der Waals surface area (Å²) in [6.45, 7) is 5.28. The Hall–Kier alpha value is -0.280. The van der Waals surface area contributed by atoms with E-state index in [0.29, 0.717) is 5.38 Å². The lowest BCUT2D eigenvalue weighted by Gasteiger charge is -1.90. The molecule has 0 aliphatic rings. The SMILES string of the molecule is CC(C)Cl.C[C@H](N)C(=O)O. The first-order chi connectivity index (χ1) is 4.37. The van der Waals surface area contributed by atoms with Gasteiger partial charge in [0.15, 0.2) is 0 Å². The second-order valence-electron chi connectivity index (χ2n) is 2.14. The fourth-order valence-corrected chi connectivity index (χ4v) is 0. The van der Waals surface area contributed by atoms with Gasteiger partial charge in [-0.05, 0) is 20.8 Å². The number of alkyl halides is 1. The summed E-state index contributed by atoms with van der Waals surface area (Å²) in [7, 11) is 0. The molecular formula is C6H14ClNO2. The predicted octanol–water partition coefficient (Wildman–Crippen LogP) is 1.05. The summed E-state index contributed by atoms with van der Waals surface area (Å²) in [5.74, 6) is -0.963. The third kappa shape index (κ3) is 25.2. The molecule has 0 bridgehead atoms. The maximum absolute atomic E-state index is 9.57. The van der Waals surface area contributed by atoms with Gasteiger partial charge in [-0.25, -0.2) is 0 Å². The van der Waals surface area contributed by atoms with E-state index in [-0.39, 0.29) is 0 Å². The summed E-state index contributed by atoms with van der Waals surface area (Å²) in [5.41, 5.74) is 4.84. The molecule has 0 aromatic rings. The monoisotopic (exact) mass is 167 g/mol. The quantitative estimate of drug-likeness (QED) is 0.574. The van der Waals surface area contributed by atoms with E-state index in [2.05, 4.69) is 0 Å². The Labute approximate surface area is 66.2 Å². The van der Waals surface area contributed by atoms with Gasteiger partial charge in [0.05, 0.1) is 0 Å². The van der Waals surface area contributed by atoms with E-state index in [9.17, 15) is 4.79 Å². The number of aliphatic carboxylic acids is 1. The van der Waals surface area contributed by atoms with Crippen molar-refractivity contribution in [1.82, 2.24) is 0 Å². The lowest BCUT2D eigenvalue weighted by atomic mass is 10.4. The van der Waals surface area contributed by atoms with Crippen LogP contribution in [0.15, 0.2) is 0 Å². The number of rotatable bonds is 1. The molecule has 10 heavy (non-hydrogen) atoms. The van der Waals surface area contributed by atoms with Gasteiger partial charge in [0.1, 0.15) is 6.04 Å². The van der Waals surface area contributed by atoms with E-state index < -0.39 is 12.0 Å². The lowest BCUT2D eigenvalue weighted by molar-refractivity contribution is -0.138. The molecule has 0 radical (unpaired) electrons. The van der Waals surface area contributed by atoms with Gasteiger partial charge < -0.3 is 10.8 Å². The molecule has 3 nitrogen and oxygen atoms in total. The normalized spacial score (nSPS) is 11.8. The molecule has 0 aliphatic heterocycles. The van der Waals surface area contributed by atoms with Crippen LogP contribution in [-0.4, -0.2) is 22.5 Å². The Morgan fingerprint density at radius 1 is 1.50 bits per heavy atom. The maximum atomic E-state index is 9.57. The molecule has 1 atom stereocenters. The van der Waals surface area contributed by atoms with Crippen molar-refractivity contribution < 1.29 is 9.90 Å². The van der Waals surface area contributed by atoms with Crippen LogP contribution in [0.4, 0.5) is 0 Å². The molecule has 0 unspecified atom stereocenters. The van der Waals surface area contributed by atoms with Crippen molar-refractivity contribution in [2.75, 3.05) is 0 Å². The number of hydrogen-bond donors (Lipinski definition) is 2. The van der Waals surface area contributed by atoms with Gasteiger partial charge in [0.2, 0.25) is 0 Å². The van der Waals surface area contributed by atoms with E-state index in [0.717, 1.165) is 0 Å². The molecule has 0 amide bonds. The molecule has 0 aromatic heterocycles. The van der Waals surface area contributed by atoms with Crippen molar-refractivity contribution >= 4 is 17.6 Å². The smallest absolute Gasteiger partial charge is 0.320 e. The van der Waals surface area contributed by atoms with E-state index in [1.807, 2.05) is 13.8 Å². The number of carboxylic acids is 1. The molecule has 0 aliphatic carbocycles. The average Bonchev–Trinajstić information content (AvgIpc) is 1.63. The molecule has 62 valence electrons. The summed E-state index contributed by atoms with van der Waals surface area (Å²) >= 11 is 5.27. The zero-order valence-electron chi connectivity index (χ0n) is 6.47. The number of carbonyl (C=O) groups is 1. The van der Waals surface area contributed by atoms with Gasteiger partial charge >= 0.3 is 5.97 Å². The summed E-state index contributed by atoms with van der Waals surface area (Å²) in [6.07, 6.45) is 0. The Balaban J connectivity index is 0. The summed E-state index contributed by atoms with van der Waals surface area (Å²) in [6, 6.07) is -0.731. The number of nitrogens with two attached hydrogens (primary N) is 1. The summed E-state index contributed by atoms with van der Waals surface area (Å²) < 4.78 is 0. The highest BCUT2D eigenvalue weighted by atomic mass is 35.5. The van der Waals surface area contributed by atoms with Crippen molar-refractivity contribution in [3.63, 3.8) is 0 Å². The van der Waals surface area contributed by atoms with Crippen LogP contribution in [0.25, 0.3) is 0 Å². The minimum Gasteiger partial charge on any atom is -0.480 e. The molecule has 0 aromatic carbocycles. The second-order valence-corrected chi connectivity index (χ2v) is 3.01. The largest absolute Gasteiger partial charge is 0.480 e. The Bertz CT molecular complexity index is 91.0. The number of hydrogen-bond acceptors (Lipinski definition) is 2. The summed E-state index contributed by atoms with van der Waals surface area (Å²) in [4.78, 5) is 9.57. The van der Waals surface area contributed by atoms with Gasteiger partial charge in [-0.2, -0.15) is 0 Å². The van der Waals surface area contributed by atoms with Crippen molar-refractivity contribution in [1.29, 1.82) is 0 Å². The molecule has 4 heteroatoms. The highest BCUT2D eigenvalue weighted by molar-refractivity contribution is 6.20. The topological polar surface area (TPSA) is 63.3 Å². The predicted molar refractivity (Wildman–Crippen MR) is 42.3 cm³/mol. The van der Waals surface area contributed by atoms with Crippen molar-refractivity contribution in [2.45, 2.75) is 32.2 Å². The molecule has 0 fully saturated rings. The van der Waals surface area contributed by atoms with Crippen LogP contribution in [0.1, 0.15) is 20.8 Å². The van der Waals surface area contributed by atoms with E-state index in [1.165, 1.54) is 6.92 Å². The molecule has 3 N–H and O–H groups in total. The fraction of sp³-hybridized carbons (Fsp3) is 0.833. The molecule has 0 rings (SSSR count). The minimum absolute atomic E-state index is 0.306. The molecule has 0 spiro atoms. The highest BCUT2D eigenvalue weighted by Crippen LogP contribution is 1.84. The van der Waals surface area contributed by atoms with Crippen molar-refractivity contribution in [2.24, 2.45) is 5.73 Å². The average molecular weight is 168 g/mol. The van der Waals surface area contributed by atoms with Crippen LogP contribution in [0.2, 0.25) is 0 Å². The van der Waals surface area contributed by atoms with Gasteiger partial charge in [-0.1, -0.05) is 0 Å². The number of carboxylic acid groups (broad SMARTS) is 1. The Morgan fingerprint density at radius 3 is 1.60 bits per heavy atom. The van der Waals surface area contributed by atoms with Crippen LogP contribution in [0, 0.1) is 0 Å². The van der Waals surface area contributed by atoms with Crippen molar-refractivity contribution in [3.05, 3.63) is 0 Å². The Morgan fingerprint density at radius 2 is 1.60 bits per heavy atom. The standard InChI is InChI=1S/C3H7Cl.C3H7NO2/c1-3(2)4;1-2(4)3(5)6/h3H,1-2H3;2H,4H2,1H3,(H,5,6)/t;2-/m.0/s1. The first-order valence-electron chi connectivity index (χ1n) is 3.00. The zero-order valence-corrected chi connectivity index (χ0v) is 7.22. The maximum Gasteiger partial charge on any atom is 0.320 e. The van der Waals surface area contributed by atoms with Gasteiger partial charge in [0, 0.05) is 5.38 Å².